The third-order valence-electron chi connectivity index (χ3n) is 12.3. The summed E-state index contributed by atoms with van der Waals surface area (Å²) < 4.78 is 5.50. The minimum absolute atomic E-state index is 0.0442. The Hall–Kier alpha value is -4.97. The van der Waals surface area contributed by atoms with Crippen molar-refractivity contribution in [3.8, 4) is 22.8 Å². The molecule has 12 heteroatoms. The van der Waals surface area contributed by atoms with Crippen molar-refractivity contribution in [3.05, 3.63) is 67.3 Å². The number of carbonyl (C=O) groups excluding carboxylic acids is 3. The van der Waals surface area contributed by atoms with Crippen LogP contribution in [0.2, 0.25) is 0 Å². The van der Waals surface area contributed by atoms with Gasteiger partial charge in [0, 0.05) is 42.1 Å². The maximum Gasteiger partial charge on any atom is 0.330 e. The molecule has 0 unspecified atom stereocenters. The van der Waals surface area contributed by atoms with Gasteiger partial charge in [0.25, 0.3) is 11.8 Å². The van der Waals surface area contributed by atoms with E-state index in [0.717, 1.165) is 63.4 Å². The predicted octanol–water partition coefficient (Wildman–Crippen LogP) is 5.95. The summed E-state index contributed by atoms with van der Waals surface area (Å²) in [5.74, 6) is -2.18. The lowest BCUT2D eigenvalue weighted by Gasteiger charge is -2.38. The summed E-state index contributed by atoms with van der Waals surface area (Å²) in [7, 11) is 1.58. The number of amides is 3. The van der Waals surface area contributed by atoms with Crippen LogP contribution in [0.3, 0.4) is 0 Å². The van der Waals surface area contributed by atoms with E-state index in [2.05, 4.69) is 22.5 Å². The zero-order chi connectivity index (χ0) is 38.6. The van der Waals surface area contributed by atoms with Crippen LogP contribution in [0.1, 0.15) is 83.5 Å². The topological polar surface area (TPSA) is 159 Å². The van der Waals surface area contributed by atoms with E-state index in [0.29, 0.717) is 47.0 Å². The van der Waals surface area contributed by atoms with Crippen molar-refractivity contribution >= 4 is 34.6 Å². The Morgan fingerprint density at radius 3 is 2.36 bits per heavy atom. The minimum Gasteiger partial charge on any atom is -0.497 e. The zero-order valence-corrected chi connectivity index (χ0v) is 31.7. The van der Waals surface area contributed by atoms with Crippen molar-refractivity contribution < 1.29 is 33.9 Å². The molecule has 4 fully saturated rings. The number of methoxy groups -OCH3 is 1. The molecule has 292 valence electrons. The highest BCUT2D eigenvalue weighted by Crippen LogP contribution is 2.46. The third-order valence-corrected chi connectivity index (χ3v) is 12.3. The molecule has 2 heterocycles. The first kappa shape index (κ1) is 38.3. The summed E-state index contributed by atoms with van der Waals surface area (Å²) in [6, 6.07) is 15.9. The molecule has 4 aliphatic rings. The second-order valence-electron chi connectivity index (χ2n) is 15.8. The van der Waals surface area contributed by atoms with Gasteiger partial charge in [-0.05, 0) is 68.9 Å². The molecule has 3 saturated carbocycles. The summed E-state index contributed by atoms with van der Waals surface area (Å²) >= 11 is 0. The lowest BCUT2D eigenvalue weighted by Crippen LogP contribution is -2.69. The Morgan fingerprint density at radius 2 is 1.69 bits per heavy atom. The van der Waals surface area contributed by atoms with E-state index < -0.39 is 40.8 Å². The fraction of sp³-hybridized carbons (Fsp3) is 0.512. The number of aliphatic carboxylic acids is 1. The van der Waals surface area contributed by atoms with Crippen molar-refractivity contribution in [2.45, 2.75) is 101 Å². The number of hydrogen-bond acceptors (Lipinski definition) is 8. The number of ether oxygens (including phenoxy) is 1. The zero-order valence-electron chi connectivity index (χ0n) is 31.7. The second-order valence-corrected chi connectivity index (χ2v) is 15.8. The van der Waals surface area contributed by atoms with Gasteiger partial charge in [0.2, 0.25) is 11.4 Å². The van der Waals surface area contributed by atoms with Crippen LogP contribution in [0.15, 0.2) is 67.3 Å². The van der Waals surface area contributed by atoms with E-state index in [1.165, 1.54) is 17.6 Å². The molecular formula is C43H53N5O7. The van der Waals surface area contributed by atoms with Crippen LogP contribution >= 0.6 is 0 Å². The molecule has 1 saturated heterocycles. The molecule has 3 aliphatic carbocycles. The second kappa shape index (κ2) is 16.4. The van der Waals surface area contributed by atoms with Gasteiger partial charge in [-0.15, -0.1) is 11.6 Å². The molecule has 1 aliphatic heterocycles. The highest BCUT2D eigenvalue weighted by atomic mass is 16.7. The largest absolute Gasteiger partial charge is 0.497 e. The van der Waals surface area contributed by atoms with Gasteiger partial charge >= 0.3 is 5.97 Å². The molecule has 1 aromatic heterocycles. The lowest BCUT2D eigenvalue weighted by atomic mass is 9.82. The van der Waals surface area contributed by atoms with E-state index in [1.807, 2.05) is 36.4 Å². The first-order valence-corrected chi connectivity index (χ1v) is 20.0. The normalized spacial score (nSPS) is 25.1. The number of pyridine rings is 1. The van der Waals surface area contributed by atoms with Crippen LogP contribution in [0, 0.1) is 17.8 Å². The van der Waals surface area contributed by atoms with Gasteiger partial charge in [-0.25, -0.2) is 9.78 Å². The fourth-order valence-corrected chi connectivity index (χ4v) is 8.92. The predicted molar refractivity (Wildman–Crippen MR) is 208 cm³/mol. The molecule has 0 radical (unpaired) electrons. The van der Waals surface area contributed by atoms with E-state index in [1.54, 1.807) is 25.3 Å². The SMILES string of the molecule is C=C[C@@H]1C[C@]1(NC(=O)[C@@]1(C(=O)N[C@H](C(=O)NCC2CCCCC2)C2CCCCC2)CCCN1Oc1cc(-c2ccccc2)nc2cc(OC)ccc12)C(=O)O. The molecule has 4 N–H and O–H groups in total. The summed E-state index contributed by atoms with van der Waals surface area (Å²) in [5, 5.41) is 21.3. The lowest BCUT2D eigenvalue weighted by molar-refractivity contribution is -0.171. The van der Waals surface area contributed by atoms with Gasteiger partial charge < -0.3 is 30.6 Å². The Kier molecular flexibility index (Phi) is 11.4. The number of hydroxylamine groups is 2. The van der Waals surface area contributed by atoms with Crippen molar-refractivity contribution in [1.29, 1.82) is 0 Å². The Balaban J connectivity index is 1.26. The fourth-order valence-electron chi connectivity index (χ4n) is 8.92. The minimum atomic E-state index is -2.00. The average molecular weight is 752 g/mol. The standard InChI is InChI=1S/C43H53N5O7/c1-3-31-26-42(31,41(52)53)47-40(51)43(39(50)46-37(30-18-11-6-12-19-30)38(49)44-27-28-14-7-4-8-15-28)22-13-23-48(43)55-36-25-34(29-16-9-5-10-17-29)45-35-24-32(54-2)20-21-33(35)36/h3,5,9-10,16-17,20-21,24-25,28,30-31,37H,1,4,6-8,11-15,18-19,22-23,26-27H2,2H3,(H,44,49)(H,46,50)(H,47,51)(H,52,53)/t31-,37+,42-,43+/m1/s1. The number of aromatic nitrogens is 1. The number of hydrogen-bond donors (Lipinski definition) is 4. The van der Waals surface area contributed by atoms with Gasteiger partial charge in [-0.3, -0.25) is 14.4 Å². The Morgan fingerprint density at radius 1 is 0.964 bits per heavy atom. The Bertz CT molecular complexity index is 1910. The van der Waals surface area contributed by atoms with Crippen molar-refractivity contribution in [1.82, 2.24) is 26.0 Å². The number of nitrogens with one attached hydrogen (secondary N) is 3. The van der Waals surface area contributed by atoms with Crippen LogP contribution < -0.4 is 25.5 Å². The molecular weight excluding hydrogens is 699 g/mol. The number of benzene rings is 2. The average Bonchev–Trinajstić information content (AvgIpc) is 3.78. The summed E-state index contributed by atoms with van der Waals surface area (Å²) in [6.45, 7) is 4.51. The number of carboxylic acid groups (broad SMARTS) is 1. The monoisotopic (exact) mass is 751 g/mol. The number of nitrogens with zero attached hydrogens (tertiary/aromatic N) is 2. The van der Waals surface area contributed by atoms with Gasteiger partial charge in [0.15, 0.2) is 5.75 Å². The quantitative estimate of drug-likeness (QED) is 0.115. The number of carbonyl (C=O) groups is 4. The maximum atomic E-state index is 15.1. The molecule has 12 nitrogen and oxygen atoms in total. The van der Waals surface area contributed by atoms with Crippen LogP contribution in [0.5, 0.6) is 11.5 Å². The van der Waals surface area contributed by atoms with Crippen LogP contribution in [-0.2, 0) is 19.2 Å². The molecule has 2 aromatic carbocycles. The third kappa shape index (κ3) is 7.78. The number of carboxylic acids is 1. The number of fused-ring (bicyclic) bond motifs is 1. The van der Waals surface area contributed by atoms with Crippen LogP contribution in [-0.4, -0.2) is 76.2 Å². The highest BCUT2D eigenvalue weighted by Gasteiger charge is 2.65. The van der Waals surface area contributed by atoms with Crippen LogP contribution in [0.25, 0.3) is 22.2 Å². The Labute approximate surface area is 322 Å². The highest BCUT2D eigenvalue weighted by molar-refractivity contribution is 6.12. The van der Waals surface area contributed by atoms with E-state index in [4.69, 9.17) is 14.6 Å². The molecule has 4 atom stereocenters. The van der Waals surface area contributed by atoms with Gasteiger partial charge in [-0.2, -0.15) is 0 Å². The van der Waals surface area contributed by atoms with Crippen LogP contribution in [0.4, 0.5) is 0 Å². The molecule has 0 spiro atoms. The first-order chi connectivity index (χ1) is 26.7. The molecule has 55 heavy (non-hydrogen) atoms. The smallest absolute Gasteiger partial charge is 0.330 e. The van der Waals surface area contributed by atoms with Gasteiger partial charge in [0.05, 0.1) is 18.3 Å². The molecule has 3 amide bonds. The van der Waals surface area contributed by atoms with E-state index in [-0.39, 0.29) is 31.2 Å². The number of rotatable bonds is 14. The molecule has 0 bridgehead atoms. The van der Waals surface area contributed by atoms with Crippen molar-refractivity contribution in [2.24, 2.45) is 17.8 Å². The van der Waals surface area contributed by atoms with Gasteiger partial charge in [-0.1, -0.05) is 74.9 Å². The van der Waals surface area contributed by atoms with E-state index in [9.17, 15) is 19.5 Å². The van der Waals surface area contributed by atoms with Crippen molar-refractivity contribution in [2.75, 3.05) is 20.2 Å². The molecule has 7 rings (SSSR count). The molecule has 3 aromatic rings. The van der Waals surface area contributed by atoms with Gasteiger partial charge in [0.1, 0.15) is 17.3 Å². The summed E-state index contributed by atoms with van der Waals surface area (Å²) in [4.78, 5) is 68.2. The maximum absolute atomic E-state index is 15.1. The summed E-state index contributed by atoms with van der Waals surface area (Å²) in [6.07, 6.45) is 12.3. The van der Waals surface area contributed by atoms with Crippen molar-refractivity contribution in [3.63, 3.8) is 0 Å². The first-order valence-electron chi connectivity index (χ1n) is 20.0. The summed E-state index contributed by atoms with van der Waals surface area (Å²) in [5.41, 5.74) is -1.57. The van der Waals surface area contributed by atoms with E-state index >= 15 is 4.79 Å².